The fourth-order valence-electron chi connectivity index (χ4n) is 1.25. The average Bonchev–Trinajstić information content (AvgIpc) is 2.23. The monoisotopic (exact) mass is 275 g/mol. The third-order valence-electron chi connectivity index (χ3n) is 2.02. The van der Waals surface area contributed by atoms with Crippen molar-refractivity contribution < 1.29 is 14.7 Å². The minimum atomic E-state index is -1.31. The number of nitrogens with zero attached hydrogens (tertiary/aromatic N) is 1. The van der Waals surface area contributed by atoms with E-state index in [0.29, 0.717) is 0 Å². The second-order valence-electron chi connectivity index (χ2n) is 3.48. The van der Waals surface area contributed by atoms with E-state index in [1.165, 1.54) is 0 Å². The molecule has 0 saturated carbocycles. The molecular weight excluding hydrogens is 266 g/mol. The molecule has 1 heterocycles. The van der Waals surface area contributed by atoms with E-state index in [4.69, 9.17) is 16.7 Å². The van der Waals surface area contributed by atoms with Crippen molar-refractivity contribution in [3.63, 3.8) is 0 Å². The molecule has 0 aliphatic heterocycles. The number of rotatable bonds is 4. The highest BCUT2D eigenvalue weighted by Gasteiger charge is 2.19. The van der Waals surface area contributed by atoms with Gasteiger partial charge in [0.25, 0.3) is 5.56 Å². The molecule has 1 atom stereocenters. The average molecular weight is 276 g/mol. The number of carboxylic acid groups (broad SMARTS) is 1. The fourth-order valence-corrected chi connectivity index (χ4v) is 1.41. The molecule has 1 aromatic rings. The third-order valence-corrected chi connectivity index (χ3v) is 2.29. The Hall–Kier alpha value is -2.09. The molecule has 0 unspecified atom stereocenters. The SMILES string of the molecule is CC(=O)N[C@@H](Cn1cc(Cl)c(=O)[nH]c1=O)C(=O)O. The highest BCUT2D eigenvalue weighted by Crippen LogP contribution is 1.97. The van der Waals surface area contributed by atoms with Gasteiger partial charge in [-0.15, -0.1) is 0 Å². The topological polar surface area (TPSA) is 121 Å². The van der Waals surface area contributed by atoms with Gasteiger partial charge in [-0.1, -0.05) is 11.6 Å². The lowest BCUT2D eigenvalue weighted by atomic mass is 10.3. The van der Waals surface area contributed by atoms with Crippen molar-refractivity contribution in [2.45, 2.75) is 19.5 Å². The Kier molecular flexibility index (Phi) is 4.27. The molecule has 0 bridgehead atoms. The molecule has 98 valence electrons. The van der Waals surface area contributed by atoms with Crippen LogP contribution in [0.25, 0.3) is 0 Å². The van der Waals surface area contributed by atoms with E-state index in [1.807, 2.05) is 4.98 Å². The van der Waals surface area contributed by atoms with Crippen LogP contribution in [0.4, 0.5) is 0 Å². The predicted octanol–water partition coefficient (Wildman–Crippen LogP) is -1.22. The van der Waals surface area contributed by atoms with E-state index in [2.05, 4.69) is 5.32 Å². The van der Waals surface area contributed by atoms with Gasteiger partial charge in [0.1, 0.15) is 11.1 Å². The van der Waals surface area contributed by atoms with Crippen molar-refractivity contribution in [2.75, 3.05) is 0 Å². The second kappa shape index (κ2) is 5.50. The summed E-state index contributed by atoms with van der Waals surface area (Å²) in [7, 11) is 0. The van der Waals surface area contributed by atoms with Crippen LogP contribution >= 0.6 is 11.6 Å². The standard InChI is InChI=1S/C9H10ClN3O5/c1-4(14)11-6(8(16)17)3-13-2-5(10)7(15)12-9(13)18/h2,6H,3H2,1H3,(H,11,14)(H,16,17)(H,12,15,18)/t6-/m0/s1. The van der Waals surface area contributed by atoms with Gasteiger partial charge in [0, 0.05) is 13.1 Å². The summed E-state index contributed by atoms with van der Waals surface area (Å²) >= 11 is 5.52. The van der Waals surface area contributed by atoms with Crippen LogP contribution in [-0.2, 0) is 16.1 Å². The van der Waals surface area contributed by atoms with Crippen molar-refractivity contribution in [3.8, 4) is 0 Å². The number of aromatic amines is 1. The number of carboxylic acids is 1. The van der Waals surface area contributed by atoms with Crippen LogP contribution in [0, 0.1) is 0 Å². The molecule has 9 heteroatoms. The van der Waals surface area contributed by atoms with Crippen molar-refractivity contribution in [3.05, 3.63) is 32.1 Å². The van der Waals surface area contributed by atoms with Crippen LogP contribution in [0.15, 0.2) is 15.8 Å². The maximum absolute atomic E-state index is 11.4. The van der Waals surface area contributed by atoms with Gasteiger partial charge in [-0.2, -0.15) is 0 Å². The van der Waals surface area contributed by atoms with Crippen LogP contribution in [0.3, 0.4) is 0 Å². The number of carbonyl (C=O) groups is 2. The summed E-state index contributed by atoms with van der Waals surface area (Å²) in [6.45, 7) is 0.808. The van der Waals surface area contributed by atoms with E-state index in [-0.39, 0.29) is 11.6 Å². The molecule has 1 aromatic heterocycles. The molecule has 0 saturated heterocycles. The third kappa shape index (κ3) is 3.45. The minimum absolute atomic E-state index is 0.249. The maximum atomic E-state index is 11.4. The summed E-state index contributed by atoms with van der Waals surface area (Å²) < 4.78 is 0.901. The number of nitrogens with one attached hydrogen (secondary N) is 2. The van der Waals surface area contributed by atoms with Crippen LogP contribution in [-0.4, -0.2) is 32.6 Å². The van der Waals surface area contributed by atoms with Crippen LogP contribution in [0.1, 0.15) is 6.92 Å². The van der Waals surface area contributed by atoms with Crippen LogP contribution in [0.2, 0.25) is 5.02 Å². The number of hydrogen-bond donors (Lipinski definition) is 3. The molecule has 0 spiro atoms. The second-order valence-corrected chi connectivity index (χ2v) is 3.89. The van der Waals surface area contributed by atoms with Crippen molar-refractivity contribution in [2.24, 2.45) is 0 Å². The first kappa shape index (κ1) is 14.0. The van der Waals surface area contributed by atoms with Crippen LogP contribution in [0.5, 0.6) is 0 Å². The van der Waals surface area contributed by atoms with Crippen molar-refractivity contribution in [1.82, 2.24) is 14.9 Å². The number of amides is 1. The number of H-pyrrole nitrogens is 1. The van der Waals surface area contributed by atoms with Gasteiger partial charge in [-0.05, 0) is 0 Å². The van der Waals surface area contributed by atoms with Crippen molar-refractivity contribution >= 4 is 23.5 Å². The molecule has 8 nitrogen and oxygen atoms in total. The first-order valence-corrected chi connectivity index (χ1v) is 5.18. The lowest BCUT2D eigenvalue weighted by molar-refractivity contribution is -0.142. The zero-order valence-electron chi connectivity index (χ0n) is 9.27. The summed E-state index contributed by atoms with van der Waals surface area (Å²) in [6, 6.07) is -1.29. The van der Waals surface area contributed by atoms with E-state index in [9.17, 15) is 19.2 Å². The minimum Gasteiger partial charge on any atom is -0.480 e. The highest BCUT2D eigenvalue weighted by molar-refractivity contribution is 6.30. The molecule has 1 amide bonds. The molecule has 0 aliphatic carbocycles. The van der Waals surface area contributed by atoms with Crippen molar-refractivity contribution in [1.29, 1.82) is 0 Å². The van der Waals surface area contributed by atoms with Gasteiger partial charge in [-0.25, -0.2) is 9.59 Å². The summed E-state index contributed by atoms with van der Waals surface area (Å²) in [5.74, 6) is -1.86. The summed E-state index contributed by atoms with van der Waals surface area (Å²) in [6.07, 6.45) is 1.01. The Morgan fingerprint density at radius 3 is 2.67 bits per heavy atom. The summed E-state index contributed by atoms with van der Waals surface area (Å²) in [5.41, 5.74) is -1.56. The Bertz CT molecular complexity index is 591. The molecule has 0 aliphatic rings. The molecule has 3 N–H and O–H groups in total. The Balaban J connectivity index is 3.04. The lowest BCUT2D eigenvalue weighted by Crippen LogP contribution is -2.45. The van der Waals surface area contributed by atoms with E-state index < -0.39 is 29.2 Å². The zero-order valence-corrected chi connectivity index (χ0v) is 10.0. The first-order chi connectivity index (χ1) is 8.31. The Morgan fingerprint density at radius 2 is 2.17 bits per heavy atom. The predicted molar refractivity (Wildman–Crippen MR) is 61.6 cm³/mol. The highest BCUT2D eigenvalue weighted by atomic mass is 35.5. The lowest BCUT2D eigenvalue weighted by Gasteiger charge is -2.14. The van der Waals surface area contributed by atoms with Gasteiger partial charge in [0.05, 0.1) is 6.54 Å². The summed E-state index contributed by atoms with van der Waals surface area (Å²) in [4.78, 5) is 46.0. The van der Waals surface area contributed by atoms with Gasteiger partial charge >= 0.3 is 11.7 Å². The van der Waals surface area contributed by atoms with Gasteiger partial charge in [-0.3, -0.25) is 19.1 Å². The van der Waals surface area contributed by atoms with Gasteiger partial charge in [0.2, 0.25) is 5.91 Å². The quantitative estimate of drug-likeness (QED) is 0.636. The molecule has 0 fully saturated rings. The Labute approximate surface area is 105 Å². The largest absolute Gasteiger partial charge is 0.480 e. The van der Waals surface area contributed by atoms with E-state index >= 15 is 0 Å². The number of aromatic nitrogens is 2. The van der Waals surface area contributed by atoms with E-state index in [1.54, 1.807) is 0 Å². The summed E-state index contributed by atoms with van der Waals surface area (Å²) in [5, 5.41) is 10.8. The number of aliphatic carboxylic acids is 1. The first-order valence-electron chi connectivity index (χ1n) is 4.80. The van der Waals surface area contributed by atoms with E-state index in [0.717, 1.165) is 17.7 Å². The normalized spacial score (nSPS) is 11.9. The molecule has 0 radical (unpaired) electrons. The Morgan fingerprint density at radius 1 is 1.56 bits per heavy atom. The zero-order chi connectivity index (χ0) is 13.9. The smallest absolute Gasteiger partial charge is 0.328 e. The van der Waals surface area contributed by atoms with Gasteiger partial charge in [0.15, 0.2) is 0 Å². The maximum Gasteiger partial charge on any atom is 0.328 e. The molecule has 1 rings (SSSR count). The molecule has 0 aromatic carbocycles. The number of hydrogen-bond acceptors (Lipinski definition) is 4. The number of carbonyl (C=O) groups excluding carboxylic acids is 1. The van der Waals surface area contributed by atoms with Gasteiger partial charge < -0.3 is 10.4 Å². The van der Waals surface area contributed by atoms with Crippen LogP contribution < -0.4 is 16.6 Å². The molecular formula is C9H10ClN3O5. The fraction of sp³-hybridized carbons (Fsp3) is 0.333. The number of halogens is 1. The molecule has 18 heavy (non-hydrogen) atoms.